The summed E-state index contributed by atoms with van der Waals surface area (Å²) in [6, 6.07) is 7.77. The Morgan fingerprint density at radius 1 is 1.32 bits per heavy atom. The molecule has 0 spiro atoms. The van der Waals surface area contributed by atoms with Gasteiger partial charge < -0.3 is 14.7 Å². The molecule has 1 aliphatic heterocycles. The fraction of sp³-hybridized carbons (Fsp3) is 0.438. The molecule has 1 N–H and O–H groups in total. The van der Waals surface area contributed by atoms with Gasteiger partial charge in [-0.25, -0.2) is 4.98 Å². The molecule has 22 heavy (non-hydrogen) atoms. The molecular weight excluding hydrogens is 280 g/mol. The highest BCUT2D eigenvalue weighted by molar-refractivity contribution is 5.92. The zero-order valence-corrected chi connectivity index (χ0v) is 12.2. The summed E-state index contributed by atoms with van der Waals surface area (Å²) in [5.74, 6) is 2.12. The lowest BCUT2D eigenvalue weighted by Crippen LogP contribution is -2.37. The molecule has 0 aromatic carbocycles. The quantitative estimate of drug-likeness (QED) is 0.934. The van der Waals surface area contributed by atoms with Crippen molar-refractivity contribution in [3.05, 3.63) is 41.9 Å². The Balaban J connectivity index is 1.36. The second kappa shape index (κ2) is 5.44. The van der Waals surface area contributed by atoms with E-state index in [-0.39, 0.29) is 11.9 Å². The molecular formula is C16H18N4O2. The van der Waals surface area contributed by atoms with Crippen LogP contribution >= 0.6 is 0 Å². The van der Waals surface area contributed by atoms with Gasteiger partial charge in [0.25, 0.3) is 5.91 Å². The molecule has 6 heteroatoms. The predicted molar refractivity (Wildman–Crippen MR) is 80.8 cm³/mol. The SMILES string of the molecule is O=C(NC1CCN(c2ccccn2)C1)c1cc(C2CC2)on1. The smallest absolute Gasteiger partial charge is 0.273 e. The van der Waals surface area contributed by atoms with E-state index in [1.807, 2.05) is 18.2 Å². The molecule has 2 fully saturated rings. The van der Waals surface area contributed by atoms with Crippen LogP contribution in [-0.4, -0.2) is 35.2 Å². The Morgan fingerprint density at radius 2 is 2.23 bits per heavy atom. The number of pyridine rings is 1. The molecule has 1 aliphatic carbocycles. The molecule has 2 aliphatic rings. The maximum Gasteiger partial charge on any atom is 0.273 e. The minimum absolute atomic E-state index is 0.121. The third-order valence-corrected chi connectivity index (χ3v) is 4.24. The number of aromatic nitrogens is 2. The Hall–Kier alpha value is -2.37. The van der Waals surface area contributed by atoms with Crippen LogP contribution in [0.2, 0.25) is 0 Å². The molecule has 3 heterocycles. The van der Waals surface area contributed by atoms with Crippen molar-refractivity contribution in [1.29, 1.82) is 0 Å². The fourth-order valence-corrected chi connectivity index (χ4v) is 2.84. The van der Waals surface area contributed by atoms with Gasteiger partial charge in [-0.15, -0.1) is 0 Å². The van der Waals surface area contributed by atoms with Crippen LogP contribution in [-0.2, 0) is 0 Å². The van der Waals surface area contributed by atoms with E-state index in [1.54, 1.807) is 12.3 Å². The lowest BCUT2D eigenvalue weighted by Gasteiger charge is -2.17. The van der Waals surface area contributed by atoms with Crippen molar-refractivity contribution in [2.75, 3.05) is 18.0 Å². The molecule has 1 atom stereocenters. The van der Waals surface area contributed by atoms with Gasteiger partial charge in [0.1, 0.15) is 11.6 Å². The van der Waals surface area contributed by atoms with Gasteiger partial charge >= 0.3 is 0 Å². The van der Waals surface area contributed by atoms with E-state index in [1.165, 1.54) is 0 Å². The van der Waals surface area contributed by atoms with Crippen LogP contribution in [0.25, 0.3) is 0 Å². The van der Waals surface area contributed by atoms with E-state index < -0.39 is 0 Å². The largest absolute Gasteiger partial charge is 0.360 e. The second-order valence-corrected chi connectivity index (χ2v) is 5.98. The van der Waals surface area contributed by atoms with Crippen molar-refractivity contribution in [2.24, 2.45) is 0 Å². The van der Waals surface area contributed by atoms with Gasteiger partial charge in [0.15, 0.2) is 5.69 Å². The van der Waals surface area contributed by atoms with Gasteiger partial charge in [0.05, 0.1) is 0 Å². The molecule has 0 radical (unpaired) electrons. The zero-order chi connectivity index (χ0) is 14.9. The first-order chi connectivity index (χ1) is 10.8. The third kappa shape index (κ3) is 2.68. The summed E-state index contributed by atoms with van der Waals surface area (Å²) >= 11 is 0. The lowest BCUT2D eigenvalue weighted by molar-refractivity contribution is 0.0931. The Bertz CT molecular complexity index is 666. The highest BCUT2D eigenvalue weighted by atomic mass is 16.5. The number of anilines is 1. The summed E-state index contributed by atoms with van der Waals surface area (Å²) in [5.41, 5.74) is 0.387. The number of hydrogen-bond acceptors (Lipinski definition) is 5. The number of carbonyl (C=O) groups is 1. The minimum Gasteiger partial charge on any atom is -0.360 e. The first kappa shape index (κ1) is 13.3. The molecule has 1 amide bonds. The Morgan fingerprint density at radius 3 is 3.00 bits per heavy atom. The fourth-order valence-electron chi connectivity index (χ4n) is 2.84. The maximum atomic E-state index is 12.2. The van der Waals surface area contributed by atoms with Crippen molar-refractivity contribution in [3.8, 4) is 0 Å². The van der Waals surface area contributed by atoms with E-state index in [9.17, 15) is 4.79 Å². The predicted octanol–water partition coefficient (Wildman–Crippen LogP) is 1.96. The van der Waals surface area contributed by atoms with Gasteiger partial charge in [-0.2, -0.15) is 0 Å². The van der Waals surface area contributed by atoms with Crippen LogP contribution in [0.4, 0.5) is 5.82 Å². The zero-order valence-electron chi connectivity index (χ0n) is 12.2. The number of rotatable bonds is 4. The van der Waals surface area contributed by atoms with Crippen molar-refractivity contribution in [3.63, 3.8) is 0 Å². The summed E-state index contributed by atoms with van der Waals surface area (Å²) in [5, 5.41) is 6.92. The van der Waals surface area contributed by atoms with Gasteiger partial charge in [-0.3, -0.25) is 4.79 Å². The summed E-state index contributed by atoms with van der Waals surface area (Å²) in [6.07, 6.45) is 4.97. The summed E-state index contributed by atoms with van der Waals surface area (Å²) < 4.78 is 5.23. The average molecular weight is 298 g/mol. The number of amides is 1. The highest BCUT2D eigenvalue weighted by Crippen LogP contribution is 2.40. The van der Waals surface area contributed by atoms with Crippen molar-refractivity contribution < 1.29 is 9.32 Å². The van der Waals surface area contributed by atoms with E-state index in [2.05, 4.69) is 20.4 Å². The number of hydrogen-bond donors (Lipinski definition) is 1. The molecule has 114 valence electrons. The Kier molecular flexibility index (Phi) is 3.29. The van der Waals surface area contributed by atoms with Gasteiger partial charge in [-0.05, 0) is 31.4 Å². The van der Waals surface area contributed by atoms with Crippen LogP contribution in [0.1, 0.15) is 41.4 Å². The molecule has 1 saturated carbocycles. The topological polar surface area (TPSA) is 71.3 Å². The first-order valence-electron chi connectivity index (χ1n) is 7.73. The van der Waals surface area contributed by atoms with Gasteiger partial charge in [0.2, 0.25) is 0 Å². The van der Waals surface area contributed by atoms with Crippen molar-refractivity contribution in [2.45, 2.75) is 31.2 Å². The third-order valence-electron chi connectivity index (χ3n) is 4.24. The lowest BCUT2D eigenvalue weighted by atomic mass is 10.2. The molecule has 2 aromatic rings. The van der Waals surface area contributed by atoms with Crippen LogP contribution in [0, 0.1) is 0 Å². The van der Waals surface area contributed by atoms with E-state index >= 15 is 0 Å². The summed E-state index contributed by atoms with van der Waals surface area (Å²) in [6.45, 7) is 1.67. The van der Waals surface area contributed by atoms with Gasteiger partial charge in [0, 0.05) is 37.3 Å². The average Bonchev–Trinajstić information content (AvgIpc) is 3.10. The van der Waals surface area contributed by atoms with Gasteiger partial charge in [-0.1, -0.05) is 11.2 Å². The minimum atomic E-state index is -0.150. The first-order valence-corrected chi connectivity index (χ1v) is 7.73. The van der Waals surface area contributed by atoms with E-state index in [0.29, 0.717) is 11.6 Å². The van der Waals surface area contributed by atoms with E-state index in [4.69, 9.17) is 4.52 Å². The molecule has 4 rings (SSSR count). The molecule has 2 aromatic heterocycles. The van der Waals surface area contributed by atoms with Crippen molar-refractivity contribution >= 4 is 11.7 Å². The molecule has 6 nitrogen and oxygen atoms in total. The summed E-state index contributed by atoms with van der Waals surface area (Å²) in [7, 11) is 0. The maximum absolute atomic E-state index is 12.2. The van der Waals surface area contributed by atoms with Crippen LogP contribution in [0.15, 0.2) is 35.0 Å². The Labute approximate surface area is 128 Å². The molecule has 1 saturated heterocycles. The number of carbonyl (C=O) groups excluding carboxylic acids is 1. The van der Waals surface area contributed by atoms with E-state index in [0.717, 1.165) is 43.9 Å². The van der Waals surface area contributed by atoms with Crippen LogP contribution in [0.5, 0.6) is 0 Å². The highest BCUT2D eigenvalue weighted by Gasteiger charge is 2.30. The normalized spacial score (nSPS) is 21.1. The monoisotopic (exact) mass is 298 g/mol. The standard InChI is InChI=1S/C16H18N4O2/c21-16(13-9-14(22-19-13)11-4-5-11)18-12-6-8-20(10-12)15-3-1-2-7-17-15/h1-3,7,9,11-12H,4-6,8,10H2,(H,18,21). The molecule has 1 unspecified atom stereocenters. The van der Waals surface area contributed by atoms with Crippen LogP contribution in [0.3, 0.4) is 0 Å². The van der Waals surface area contributed by atoms with Crippen molar-refractivity contribution in [1.82, 2.24) is 15.5 Å². The number of nitrogens with one attached hydrogen (secondary N) is 1. The number of nitrogens with zero attached hydrogens (tertiary/aromatic N) is 3. The second-order valence-electron chi connectivity index (χ2n) is 5.98. The van der Waals surface area contributed by atoms with Crippen LogP contribution < -0.4 is 10.2 Å². The summed E-state index contributed by atoms with van der Waals surface area (Å²) in [4.78, 5) is 18.8. The molecule has 0 bridgehead atoms.